The first-order valence-electron chi connectivity index (χ1n) is 5.63. The predicted molar refractivity (Wildman–Crippen MR) is 63.8 cm³/mol. The zero-order valence-electron chi connectivity index (χ0n) is 9.67. The molecule has 1 fully saturated rings. The molecular formula is C10H15N5O2. The van der Waals surface area contributed by atoms with Crippen molar-refractivity contribution >= 4 is 17.5 Å². The summed E-state index contributed by atoms with van der Waals surface area (Å²) in [6, 6.07) is 0.247. The summed E-state index contributed by atoms with van der Waals surface area (Å²) in [4.78, 5) is 20.1. The third-order valence-corrected chi connectivity index (χ3v) is 3.04. The molecule has 1 aliphatic heterocycles. The lowest BCUT2D eigenvalue weighted by molar-refractivity contribution is -0.384. The van der Waals surface area contributed by atoms with Crippen molar-refractivity contribution in [2.45, 2.75) is 32.2 Å². The van der Waals surface area contributed by atoms with Crippen LogP contribution >= 0.6 is 0 Å². The molecule has 1 unspecified atom stereocenters. The summed E-state index contributed by atoms with van der Waals surface area (Å²) in [6.07, 6.45) is 4.36. The maximum Gasteiger partial charge on any atom is 0.329 e. The molecule has 2 N–H and O–H groups in total. The number of nitrogens with zero attached hydrogens (tertiary/aromatic N) is 4. The van der Waals surface area contributed by atoms with Gasteiger partial charge in [-0.3, -0.25) is 10.1 Å². The van der Waals surface area contributed by atoms with E-state index in [1.54, 1.807) is 0 Å². The number of rotatable bonds is 2. The Balaban J connectivity index is 2.41. The fourth-order valence-electron chi connectivity index (χ4n) is 2.13. The van der Waals surface area contributed by atoms with Gasteiger partial charge < -0.3 is 10.6 Å². The second kappa shape index (κ2) is 4.52. The second-order valence-corrected chi connectivity index (χ2v) is 4.23. The molecule has 0 aliphatic carbocycles. The zero-order chi connectivity index (χ0) is 12.4. The smallest absolute Gasteiger partial charge is 0.329 e. The number of nitro groups is 1. The topological polar surface area (TPSA) is 98.2 Å². The van der Waals surface area contributed by atoms with Gasteiger partial charge in [0.05, 0.1) is 4.92 Å². The van der Waals surface area contributed by atoms with Crippen LogP contribution in [-0.2, 0) is 0 Å². The third kappa shape index (κ3) is 2.27. The van der Waals surface area contributed by atoms with Gasteiger partial charge in [0.15, 0.2) is 0 Å². The van der Waals surface area contributed by atoms with Gasteiger partial charge in [0, 0.05) is 12.6 Å². The molecule has 7 nitrogen and oxygen atoms in total. The Kier molecular flexibility index (Phi) is 3.08. The highest BCUT2D eigenvalue weighted by Crippen LogP contribution is 2.30. The molecule has 92 valence electrons. The molecule has 0 aromatic carbocycles. The number of aromatic nitrogens is 2. The van der Waals surface area contributed by atoms with Crippen molar-refractivity contribution in [2.24, 2.45) is 0 Å². The van der Waals surface area contributed by atoms with E-state index in [0.717, 1.165) is 25.8 Å². The lowest BCUT2D eigenvalue weighted by Gasteiger charge is -2.33. The van der Waals surface area contributed by atoms with Crippen molar-refractivity contribution in [1.29, 1.82) is 0 Å². The van der Waals surface area contributed by atoms with Crippen molar-refractivity contribution < 1.29 is 4.92 Å². The Hall–Kier alpha value is -1.92. The molecule has 1 aromatic heterocycles. The van der Waals surface area contributed by atoms with E-state index in [9.17, 15) is 10.1 Å². The average molecular weight is 237 g/mol. The summed E-state index contributed by atoms with van der Waals surface area (Å²) >= 11 is 0. The van der Waals surface area contributed by atoms with Gasteiger partial charge in [0.1, 0.15) is 6.20 Å². The minimum absolute atomic E-state index is 0.0726. The number of hydrogen-bond acceptors (Lipinski definition) is 6. The molecule has 17 heavy (non-hydrogen) atoms. The molecule has 1 atom stereocenters. The lowest BCUT2D eigenvalue weighted by atomic mass is 10.0. The SMILES string of the molecule is CC1CCCCN1c1nc(N)ncc1[N+](=O)[O-]. The molecular weight excluding hydrogens is 222 g/mol. The van der Waals surface area contributed by atoms with Crippen LogP contribution in [0.4, 0.5) is 17.5 Å². The van der Waals surface area contributed by atoms with Gasteiger partial charge in [-0.2, -0.15) is 4.98 Å². The molecule has 0 amide bonds. The Labute approximate surface area is 98.8 Å². The van der Waals surface area contributed by atoms with E-state index in [1.165, 1.54) is 6.20 Å². The number of piperidine rings is 1. The van der Waals surface area contributed by atoms with Crippen LogP contribution in [0.5, 0.6) is 0 Å². The first-order valence-corrected chi connectivity index (χ1v) is 5.63. The quantitative estimate of drug-likeness (QED) is 0.615. The molecule has 2 rings (SSSR count). The summed E-state index contributed by atoms with van der Waals surface area (Å²) in [5.74, 6) is 0.415. The first kappa shape index (κ1) is 11.6. The third-order valence-electron chi connectivity index (χ3n) is 3.04. The van der Waals surface area contributed by atoms with Gasteiger partial charge >= 0.3 is 5.69 Å². The fourth-order valence-corrected chi connectivity index (χ4v) is 2.13. The van der Waals surface area contributed by atoms with Gasteiger partial charge in [-0.1, -0.05) is 0 Å². The normalized spacial score (nSPS) is 20.3. The van der Waals surface area contributed by atoms with Crippen molar-refractivity contribution in [1.82, 2.24) is 9.97 Å². The Bertz CT molecular complexity index is 437. The minimum Gasteiger partial charge on any atom is -0.368 e. The van der Waals surface area contributed by atoms with Crippen molar-refractivity contribution in [3.05, 3.63) is 16.3 Å². The Morgan fingerprint density at radius 1 is 1.59 bits per heavy atom. The Morgan fingerprint density at radius 3 is 3.00 bits per heavy atom. The molecule has 0 radical (unpaired) electrons. The van der Waals surface area contributed by atoms with Crippen LogP contribution in [0.25, 0.3) is 0 Å². The van der Waals surface area contributed by atoms with Crippen LogP contribution in [0.1, 0.15) is 26.2 Å². The van der Waals surface area contributed by atoms with Crippen molar-refractivity contribution in [3.63, 3.8) is 0 Å². The number of nitrogens with two attached hydrogens (primary N) is 1. The maximum atomic E-state index is 10.9. The molecule has 2 heterocycles. The van der Waals surface area contributed by atoms with E-state index in [4.69, 9.17) is 5.73 Å². The first-order chi connectivity index (χ1) is 8.09. The maximum absolute atomic E-state index is 10.9. The van der Waals surface area contributed by atoms with Crippen LogP contribution in [0.3, 0.4) is 0 Å². The molecule has 0 saturated carbocycles. The second-order valence-electron chi connectivity index (χ2n) is 4.23. The van der Waals surface area contributed by atoms with Crippen LogP contribution in [0, 0.1) is 10.1 Å². The number of anilines is 2. The molecule has 0 spiro atoms. The van der Waals surface area contributed by atoms with E-state index >= 15 is 0 Å². The molecule has 0 bridgehead atoms. The Morgan fingerprint density at radius 2 is 2.35 bits per heavy atom. The largest absolute Gasteiger partial charge is 0.368 e. The van der Waals surface area contributed by atoms with Gasteiger partial charge in [-0.15, -0.1) is 0 Å². The highest BCUT2D eigenvalue weighted by atomic mass is 16.6. The van der Waals surface area contributed by atoms with Gasteiger partial charge in [0.25, 0.3) is 0 Å². The van der Waals surface area contributed by atoms with Gasteiger partial charge in [-0.25, -0.2) is 4.98 Å². The summed E-state index contributed by atoms with van der Waals surface area (Å²) in [7, 11) is 0. The van der Waals surface area contributed by atoms with Crippen molar-refractivity contribution in [3.8, 4) is 0 Å². The standard InChI is InChI=1S/C10H15N5O2/c1-7-4-2-3-5-14(7)9-8(15(16)17)6-12-10(11)13-9/h6-7H,2-5H2,1H3,(H2,11,12,13). The van der Waals surface area contributed by atoms with E-state index < -0.39 is 4.92 Å². The van der Waals surface area contributed by atoms with Gasteiger partial charge in [0.2, 0.25) is 11.8 Å². The molecule has 7 heteroatoms. The predicted octanol–water partition coefficient (Wildman–Crippen LogP) is 1.35. The number of hydrogen-bond donors (Lipinski definition) is 1. The van der Waals surface area contributed by atoms with E-state index in [0.29, 0.717) is 5.82 Å². The van der Waals surface area contributed by atoms with E-state index in [-0.39, 0.29) is 17.7 Å². The minimum atomic E-state index is -0.462. The average Bonchev–Trinajstić information content (AvgIpc) is 2.29. The van der Waals surface area contributed by atoms with Crippen LogP contribution in [0.15, 0.2) is 6.20 Å². The monoisotopic (exact) mass is 237 g/mol. The van der Waals surface area contributed by atoms with Crippen LogP contribution in [-0.4, -0.2) is 27.5 Å². The molecule has 1 aliphatic rings. The molecule has 1 aromatic rings. The van der Waals surface area contributed by atoms with Crippen LogP contribution < -0.4 is 10.6 Å². The van der Waals surface area contributed by atoms with E-state index in [1.807, 2.05) is 11.8 Å². The molecule has 1 saturated heterocycles. The number of nitrogen functional groups attached to an aromatic ring is 1. The zero-order valence-corrected chi connectivity index (χ0v) is 9.67. The summed E-state index contributed by atoms with van der Waals surface area (Å²) in [5.41, 5.74) is 5.43. The van der Waals surface area contributed by atoms with Crippen LogP contribution in [0.2, 0.25) is 0 Å². The van der Waals surface area contributed by atoms with Gasteiger partial charge in [-0.05, 0) is 26.2 Å². The summed E-state index contributed by atoms with van der Waals surface area (Å²) in [6.45, 7) is 2.82. The fraction of sp³-hybridized carbons (Fsp3) is 0.600. The van der Waals surface area contributed by atoms with E-state index in [2.05, 4.69) is 9.97 Å². The lowest BCUT2D eigenvalue weighted by Crippen LogP contribution is -2.38. The summed E-state index contributed by atoms with van der Waals surface area (Å²) < 4.78 is 0. The highest BCUT2D eigenvalue weighted by molar-refractivity contribution is 5.59. The highest BCUT2D eigenvalue weighted by Gasteiger charge is 2.27. The summed E-state index contributed by atoms with van der Waals surface area (Å²) in [5, 5.41) is 10.9. The van der Waals surface area contributed by atoms with Crippen molar-refractivity contribution in [2.75, 3.05) is 17.2 Å².